The van der Waals surface area contributed by atoms with Crippen molar-refractivity contribution in [2.45, 2.75) is 32.1 Å². The van der Waals surface area contributed by atoms with E-state index >= 15 is 0 Å². The lowest BCUT2D eigenvalue weighted by molar-refractivity contribution is 0.00416. The van der Waals surface area contributed by atoms with Gasteiger partial charge in [-0.3, -0.25) is 0 Å². The quantitative estimate of drug-likeness (QED) is 0.721. The molecule has 0 fully saturated rings. The lowest BCUT2D eigenvalue weighted by atomic mass is 10.1. The van der Waals surface area contributed by atoms with Gasteiger partial charge in [-0.15, -0.1) is 0 Å². The maximum absolute atomic E-state index is 13.1. The maximum atomic E-state index is 13.1. The Morgan fingerprint density at radius 3 is 2.38 bits per heavy atom. The van der Waals surface area contributed by atoms with Gasteiger partial charge in [-0.2, -0.15) is 0 Å². The van der Waals surface area contributed by atoms with Crippen molar-refractivity contribution in [2.24, 2.45) is 5.73 Å². The van der Waals surface area contributed by atoms with Crippen LogP contribution in [0.2, 0.25) is 0 Å². The van der Waals surface area contributed by atoms with Gasteiger partial charge in [-0.05, 0) is 12.0 Å². The van der Waals surface area contributed by atoms with E-state index in [1.54, 1.807) is 6.92 Å². The molecule has 2 unspecified atom stereocenters. The average molecular weight is 365 g/mol. The molecule has 140 valence electrons. The molecule has 0 saturated heterocycles. The fourth-order valence-electron chi connectivity index (χ4n) is 2.26. The summed E-state index contributed by atoms with van der Waals surface area (Å²) in [5.41, 5.74) is 6.79. The molecule has 0 heterocycles. The van der Waals surface area contributed by atoms with Crippen LogP contribution in [0.3, 0.4) is 0 Å². The molecule has 0 aliphatic rings. The summed E-state index contributed by atoms with van der Waals surface area (Å²) < 4.78 is 41.8. The number of halogens is 2. The largest absolute Gasteiger partial charge is 0.508 e. The molecular formula is C19H21F2NO4. The van der Waals surface area contributed by atoms with E-state index in [1.807, 2.05) is 30.3 Å². The van der Waals surface area contributed by atoms with Crippen LogP contribution >= 0.6 is 0 Å². The SMILES string of the molecule is CCC(OC(=O)OCc1ccccc1)C(N)COc1cc(F)cc(F)c1. The first-order valence-corrected chi connectivity index (χ1v) is 8.19. The number of carbonyl (C=O) groups is 1. The van der Waals surface area contributed by atoms with Crippen LogP contribution in [0.5, 0.6) is 5.75 Å². The van der Waals surface area contributed by atoms with Crippen LogP contribution in [0.4, 0.5) is 13.6 Å². The van der Waals surface area contributed by atoms with Crippen LogP contribution in [-0.4, -0.2) is 24.9 Å². The van der Waals surface area contributed by atoms with Gasteiger partial charge in [-0.25, -0.2) is 13.6 Å². The Balaban J connectivity index is 1.81. The summed E-state index contributed by atoms with van der Waals surface area (Å²) in [6, 6.07) is 11.3. The van der Waals surface area contributed by atoms with Gasteiger partial charge in [0.2, 0.25) is 0 Å². The summed E-state index contributed by atoms with van der Waals surface area (Å²) in [7, 11) is 0. The summed E-state index contributed by atoms with van der Waals surface area (Å²) in [6.07, 6.45) is -1.06. The van der Waals surface area contributed by atoms with E-state index in [4.69, 9.17) is 19.9 Å². The molecular weight excluding hydrogens is 344 g/mol. The zero-order chi connectivity index (χ0) is 18.9. The van der Waals surface area contributed by atoms with Crippen molar-refractivity contribution in [3.8, 4) is 5.75 Å². The highest BCUT2D eigenvalue weighted by Crippen LogP contribution is 2.16. The van der Waals surface area contributed by atoms with E-state index in [0.717, 1.165) is 23.8 Å². The van der Waals surface area contributed by atoms with Crippen molar-refractivity contribution in [3.63, 3.8) is 0 Å². The van der Waals surface area contributed by atoms with Crippen LogP contribution in [0, 0.1) is 11.6 Å². The highest BCUT2D eigenvalue weighted by atomic mass is 19.1. The number of hydrogen-bond acceptors (Lipinski definition) is 5. The zero-order valence-corrected chi connectivity index (χ0v) is 14.4. The molecule has 2 atom stereocenters. The van der Waals surface area contributed by atoms with Crippen LogP contribution in [0.25, 0.3) is 0 Å². The minimum Gasteiger partial charge on any atom is -0.492 e. The molecule has 0 spiro atoms. The van der Waals surface area contributed by atoms with Gasteiger partial charge >= 0.3 is 6.16 Å². The summed E-state index contributed by atoms with van der Waals surface area (Å²) in [5.74, 6) is -1.48. The Labute approximate surface area is 150 Å². The monoisotopic (exact) mass is 365 g/mol. The van der Waals surface area contributed by atoms with Crippen molar-refractivity contribution in [3.05, 3.63) is 65.7 Å². The van der Waals surface area contributed by atoms with Crippen LogP contribution in [0.1, 0.15) is 18.9 Å². The Kier molecular flexibility index (Phi) is 7.35. The fourth-order valence-corrected chi connectivity index (χ4v) is 2.26. The van der Waals surface area contributed by atoms with Crippen molar-refractivity contribution < 1.29 is 27.8 Å². The van der Waals surface area contributed by atoms with Crippen molar-refractivity contribution in [1.29, 1.82) is 0 Å². The Morgan fingerprint density at radius 2 is 1.77 bits per heavy atom. The third kappa shape index (κ3) is 6.33. The van der Waals surface area contributed by atoms with Gasteiger partial charge in [0.25, 0.3) is 0 Å². The van der Waals surface area contributed by atoms with Gasteiger partial charge in [-0.1, -0.05) is 37.3 Å². The van der Waals surface area contributed by atoms with E-state index in [2.05, 4.69) is 0 Å². The van der Waals surface area contributed by atoms with Crippen LogP contribution in [-0.2, 0) is 16.1 Å². The van der Waals surface area contributed by atoms with Crippen molar-refractivity contribution in [2.75, 3.05) is 6.61 Å². The second-order valence-electron chi connectivity index (χ2n) is 5.67. The van der Waals surface area contributed by atoms with E-state index in [0.29, 0.717) is 6.42 Å². The molecule has 0 saturated carbocycles. The first-order chi connectivity index (χ1) is 12.5. The topological polar surface area (TPSA) is 70.8 Å². The first-order valence-electron chi connectivity index (χ1n) is 8.19. The number of benzene rings is 2. The maximum Gasteiger partial charge on any atom is 0.508 e. The average Bonchev–Trinajstić information content (AvgIpc) is 2.62. The zero-order valence-electron chi connectivity index (χ0n) is 14.4. The smallest absolute Gasteiger partial charge is 0.492 e. The summed E-state index contributed by atoms with van der Waals surface area (Å²) in [5, 5.41) is 0. The second-order valence-corrected chi connectivity index (χ2v) is 5.67. The molecule has 2 rings (SSSR count). The molecule has 2 aromatic rings. The molecule has 0 aliphatic heterocycles. The highest BCUT2D eigenvalue weighted by molar-refractivity contribution is 5.60. The molecule has 2 N–H and O–H groups in total. The molecule has 0 aromatic heterocycles. The predicted octanol–water partition coefficient (Wildman–Crippen LogP) is 3.80. The molecule has 0 amide bonds. The minimum absolute atomic E-state index is 0.0134. The minimum atomic E-state index is -0.840. The van der Waals surface area contributed by atoms with Gasteiger partial charge < -0.3 is 19.9 Å². The lowest BCUT2D eigenvalue weighted by Crippen LogP contribution is -2.42. The summed E-state index contributed by atoms with van der Waals surface area (Å²) >= 11 is 0. The first kappa shape index (κ1) is 19.7. The number of ether oxygens (including phenoxy) is 3. The second kappa shape index (κ2) is 9.72. The van der Waals surface area contributed by atoms with Crippen molar-refractivity contribution >= 4 is 6.16 Å². The Hall–Kier alpha value is -2.67. The normalized spacial score (nSPS) is 12.9. The van der Waals surface area contributed by atoms with E-state index < -0.39 is 29.9 Å². The van der Waals surface area contributed by atoms with Gasteiger partial charge in [0.15, 0.2) is 0 Å². The molecule has 2 aromatic carbocycles. The Morgan fingerprint density at radius 1 is 1.12 bits per heavy atom. The molecule has 26 heavy (non-hydrogen) atoms. The van der Waals surface area contributed by atoms with E-state index in [9.17, 15) is 13.6 Å². The van der Waals surface area contributed by atoms with Crippen LogP contribution in [0.15, 0.2) is 48.5 Å². The molecule has 0 aliphatic carbocycles. The number of rotatable bonds is 8. The highest BCUT2D eigenvalue weighted by Gasteiger charge is 2.22. The molecule has 0 bridgehead atoms. The summed E-state index contributed by atoms with van der Waals surface area (Å²) in [6.45, 7) is 1.80. The number of nitrogens with two attached hydrogens (primary N) is 1. The third-order valence-electron chi connectivity index (χ3n) is 3.61. The molecule has 5 nitrogen and oxygen atoms in total. The lowest BCUT2D eigenvalue weighted by Gasteiger charge is -2.22. The van der Waals surface area contributed by atoms with E-state index in [1.165, 1.54) is 0 Å². The van der Waals surface area contributed by atoms with Gasteiger partial charge in [0, 0.05) is 18.2 Å². The molecule has 0 radical (unpaired) electrons. The number of hydrogen-bond donors (Lipinski definition) is 1. The predicted molar refractivity (Wildman–Crippen MR) is 91.6 cm³/mol. The molecule has 7 heteroatoms. The summed E-state index contributed by atoms with van der Waals surface area (Å²) in [4.78, 5) is 11.8. The Bertz CT molecular complexity index is 692. The third-order valence-corrected chi connectivity index (χ3v) is 3.61. The van der Waals surface area contributed by atoms with Crippen LogP contribution < -0.4 is 10.5 Å². The van der Waals surface area contributed by atoms with Crippen molar-refractivity contribution in [1.82, 2.24) is 0 Å². The van der Waals surface area contributed by atoms with Gasteiger partial charge in [0.1, 0.15) is 36.7 Å². The van der Waals surface area contributed by atoms with Gasteiger partial charge in [0.05, 0.1) is 6.04 Å². The van der Waals surface area contributed by atoms with E-state index in [-0.39, 0.29) is 19.0 Å². The number of carbonyl (C=O) groups excluding carboxylic acids is 1. The fraction of sp³-hybridized carbons (Fsp3) is 0.316. The standard InChI is InChI=1S/C19H21F2NO4/c1-2-18(26-19(23)25-11-13-6-4-3-5-7-13)17(22)12-24-16-9-14(20)8-15(21)10-16/h3-10,17-18H,2,11-12,22H2,1H3.